The predicted octanol–water partition coefficient (Wildman–Crippen LogP) is 1.51. The third kappa shape index (κ3) is 4.13. The molecule has 3 nitrogen and oxygen atoms in total. The van der Waals surface area contributed by atoms with Crippen LogP contribution in [-0.4, -0.2) is 18.1 Å². The van der Waals surface area contributed by atoms with E-state index in [0.29, 0.717) is 0 Å². The lowest BCUT2D eigenvalue weighted by atomic mass is 10.1. The lowest BCUT2D eigenvalue weighted by Gasteiger charge is -2.14. The van der Waals surface area contributed by atoms with E-state index in [2.05, 4.69) is 0 Å². The Hall–Kier alpha value is -1.35. The Morgan fingerprint density at radius 3 is 2.47 bits per heavy atom. The topological polar surface area (TPSA) is 52.3 Å². The van der Waals surface area contributed by atoms with Crippen molar-refractivity contribution in [3.05, 3.63) is 35.9 Å². The number of hydrogen-bond donors (Lipinski definition) is 1. The van der Waals surface area contributed by atoms with E-state index in [1.165, 1.54) is 0 Å². The Labute approximate surface area is 90.2 Å². The van der Waals surface area contributed by atoms with E-state index in [1.807, 2.05) is 37.3 Å². The Balaban J connectivity index is 2.43. The molecule has 0 radical (unpaired) electrons. The van der Waals surface area contributed by atoms with E-state index in [9.17, 15) is 4.79 Å². The standard InChI is InChI=1S/C12H17NO2/c1-9(15-12(14)10(2)13)8-11-6-4-3-5-7-11/h3-7,9-10H,8,13H2,1-2H3/t9-,10-/m0/s1. The molecule has 0 fully saturated rings. The summed E-state index contributed by atoms with van der Waals surface area (Å²) in [7, 11) is 0. The number of esters is 1. The van der Waals surface area contributed by atoms with Gasteiger partial charge in [0.15, 0.2) is 0 Å². The summed E-state index contributed by atoms with van der Waals surface area (Å²) in [6, 6.07) is 9.36. The summed E-state index contributed by atoms with van der Waals surface area (Å²) in [5, 5.41) is 0. The van der Waals surface area contributed by atoms with Gasteiger partial charge in [0.25, 0.3) is 0 Å². The Morgan fingerprint density at radius 2 is 1.93 bits per heavy atom. The van der Waals surface area contributed by atoms with Crippen molar-refractivity contribution in [1.82, 2.24) is 0 Å². The average molecular weight is 207 g/mol. The molecule has 0 aliphatic carbocycles. The first-order valence-corrected chi connectivity index (χ1v) is 5.09. The lowest BCUT2D eigenvalue weighted by Crippen LogP contribution is -2.32. The smallest absolute Gasteiger partial charge is 0.322 e. The van der Waals surface area contributed by atoms with Gasteiger partial charge in [-0.15, -0.1) is 0 Å². The Bertz CT molecular complexity index is 309. The number of ether oxygens (including phenoxy) is 1. The zero-order chi connectivity index (χ0) is 11.3. The fraction of sp³-hybridized carbons (Fsp3) is 0.417. The van der Waals surface area contributed by atoms with Gasteiger partial charge < -0.3 is 10.5 Å². The van der Waals surface area contributed by atoms with Crippen LogP contribution in [0.15, 0.2) is 30.3 Å². The zero-order valence-corrected chi connectivity index (χ0v) is 9.14. The summed E-state index contributed by atoms with van der Waals surface area (Å²) in [6.45, 7) is 3.49. The summed E-state index contributed by atoms with van der Waals surface area (Å²) in [5.41, 5.74) is 6.56. The molecular weight excluding hydrogens is 190 g/mol. The minimum Gasteiger partial charge on any atom is -0.461 e. The van der Waals surface area contributed by atoms with Crippen molar-refractivity contribution in [3.8, 4) is 0 Å². The summed E-state index contributed by atoms with van der Waals surface area (Å²) in [6.07, 6.45) is 0.588. The van der Waals surface area contributed by atoms with Gasteiger partial charge in [0.2, 0.25) is 0 Å². The third-order valence-electron chi connectivity index (χ3n) is 2.06. The average Bonchev–Trinajstić information content (AvgIpc) is 2.18. The highest BCUT2D eigenvalue weighted by Crippen LogP contribution is 2.06. The van der Waals surface area contributed by atoms with Gasteiger partial charge in [-0.2, -0.15) is 0 Å². The fourth-order valence-electron chi connectivity index (χ4n) is 1.29. The number of rotatable bonds is 4. The Kier molecular flexibility index (Phi) is 4.31. The predicted molar refractivity (Wildman–Crippen MR) is 59.3 cm³/mol. The molecule has 0 unspecified atom stereocenters. The SMILES string of the molecule is C[C@H](N)C(=O)O[C@@H](C)Cc1ccccc1. The second-order valence-corrected chi connectivity index (χ2v) is 3.73. The van der Waals surface area contributed by atoms with E-state index < -0.39 is 6.04 Å². The van der Waals surface area contributed by atoms with Gasteiger partial charge in [0.1, 0.15) is 12.1 Å². The van der Waals surface area contributed by atoms with Gasteiger partial charge in [0.05, 0.1) is 0 Å². The molecule has 0 aliphatic heterocycles. The molecule has 0 aromatic heterocycles. The molecule has 0 bridgehead atoms. The molecule has 0 aliphatic rings. The quantitative estimate of drug-likeness (QED) is 0.761. The largest absolute Gasteiger partial charge is 0.461 e. The van der Waals surface area contributed by atoms with Gasteiger partial charge >= 0.3 is 5.97 Å². The highest BCUT2D eigenvalue weighted by molar-refractivity contribution is 5.75. The number of benzene rings is 1. The second-order valence-electron chi connectivity index (χ2n) is 3.73. The van der Waals surface area contributed by atoms with Crippen molar-refractivity contribution in [2.75, 3.05) is 0 Å². The molecule has 1 aromatic carbocycles. The van der Waals surface area contributed by atoms with Crippen LogP contribution in [0.4, 0.5) is 0 Å². The van der Waals surface area contributed by atoms with Crippen molar-refractivity contribution in [2.24, 2.45) is 5.73 Å². The maximum absolute atomic E-state index is 11.2. The van der Waals surface area contributed by atoms with Crippen molar-refractivity contribution >= 4 is 5.97 Å². The van der Waals surface area contributed by atoms with E-state index in [4.69, 9.17) is 10.5 Å². The maximum atomic E-state index is 11.2. The Morgan fingerprint density at radius 1 is 1.33 bits per heavy atom. The van der Waals surface area contributed by atoms with E-state index in [0.717, 1.165) is 12.0 Å². The minimum absolute atomic E-state index is 0.133. The van der Waals surface area contributed by atoms with Crippen LogP contribution in [0.25, 0.3) is 0 Å². The lowest BCUT2D eigenvalue weighted by molar-refractivity contribution is -0.149. The van der Waals surface area contributed by atoms with Gasteiger partial charge in [-0.3, -0.25) is 4.79 Å². The van der Waals surface area contributed by atoms with Crippen LogP contribution in [0, 0.1) is 0 Å². The van der Waals surface area contributed by atoms with E-state index in [-0.39, 0.29) is 12.1 Å². The van der Waals surface area contributed by atoms with Crippen LogP contribution < -0.4 is 5.73 Å². The van der Waals surface area contributed by atoms with Crippen LogP contribution in [0.5, 0.6) is 0 Å². The highest BCUT2D eigenvalue weighted by atomic mass is 16.5. The zero-order valence-electron chi connectivity index (χ0n) is 9.14. The van der Waals surface area contributed by atoms with Gasteiger partial charge in [-0.05, 0) is 19.4 Å². The van der Waals surface area contributed by atoms with E-state index >= 15 is 0 Å². The molecule has 0 amide bonds. The maximum Gasteiger partial charge on any atom is 0.322 e. The van der Waals surface area contributed by atoms with Crippen LogP contribution in [0.1, 0.15) is 19.4 Å². The summed E-state index contributed by atoms with van der Waals surface area (Å²) < 4.78 is 5.15. The first-order valence-electron chi connectivity index (χ1n) is 5.09. The van der Waals surface area contributed by atoms with Crippen LogP contribution in [-0.2, 0) is 16.0 Å². The van der Waals surface area contributed by atoms with Crippen LogP contribution >= 0.6 is 0 Å². The molecule has 82 valence electrons. The van der Waals surface area contributed by atoms with Crippen molar-refractivity contribution in [2.45, 2.75) is 32.4 Å². The number of nitrogens with two attached hydrogens (primary N) is 1. The summed E-state index contributed by atoms with van der Waals surface area (Å²) >= 11 is 0. The molecule has 2 atom stereocenters. The van der Waals surface area contributed by atoms with Crippen molar-refractivity contribution in [3.63, 3.8) is 0 Å². The monoisotopic (exact) mass is 207 g/mol. The molecule has 0 saturated carbocycles. The third-order valence-corrected chi connectivity index (χ3v) is 2.06. The van der Waals surface area contributed by atoms with Gasteiger partial charge in [0, 0.05) is 6.42 Å². The number of hydrogen-bond acceptors (Lipinski definition) is 3. The fourth-order valence-corrected chi connectivity index (χ4v) is 1.29. The van der Waals surface area contributed by atoms with E-state index in [1.54, 1.807) is 6.92 Å². The molecule has 0 spiro atoms. The van der Waals surface area contributed by atoms with Crippen molar-refractivity contribution < 1.29 is 9.53 Å². The summed E-state index contributed by atoms with van der Waals surface area (Å²) in [4.78, 5) is 11.2. The van der Waals surface area contributed by atoms with Crippen LogP contribution in [0.2, 0.25) is 0 Å². The summed E-state index contributed by atoms with van der Waals surface area (Å²) in [5.74, 6) is -0.349. The molecule has 15 heavy (non-hydrogen) atoms. The normalized spacial score (nSPS) is 14.3. The number of carbonyl (C=O) groups excluding carboxylic acids is 1. The van der Waals surface area contributed by atoms with Gasteiger partial charge in [-0.25, -0.2) is 0 Å². The molecule has 3 heteroatoms. The second kappa shape index (κ2) is 5.51. The molecule has 0 heterocycles. The first kappa shape index (κ1) is 11.7. The van der Waals surface area contributed by atoms with Crippen molar-refractivity contribution in [1.29, 1.82) is 0 Å². The van der Waals surface area contributed by atoms with Crippen LogP contribution in [0.3, 0.4) is 0 Å². The van der Waals surface area contributed by atoms with Gasteiger partial charge in [-0.1, -0.05) is 30.3 Å². The molecule has 0 saturated heterocycles. The molecule has 1 rings (SSSR count). The highest BCUT2D eigenvalue weighted by Gasteiger charge is 2.13. The first-order chi connectivity index (χ1) is 7.09. The number of carbonyl (C=O) groups is 1. The molecule has 1 aromatic rings. The molecule has 2 N–H and O–H groups in total. The molecular formula is C12H17NO2. The minimum atomic E-state index is -0.553.